The van der Waals surface area contributed by atoms with Gasteiger partial charge < -0.3 is 5.32 Å². The van der Waals surface area contributed by atoms with Crippen LogP contribution < -0.4 is 5.32 Å². The minimum atomic E-state index is 0.490. The maximum Gasteiger partial charge on any atom is 0.0598 e. The number of nitrogens with one attached hydrogen (secondary N) is 1. The number of halogens is 2. The third-order valence-electron chi connectivity index (χ3n) is 3.51. The molecule has 19 heavy (non-hydrogen) atoms. The van der Waals surface area contributed by atoms with Crippen molar-refractivity contribution in [2.24, 2.45) is 0 Å². The Balaban J connectivity index is 1.96. The van der Waals surface area contributed by atoms with Gasteiger partial charge in [0.05, 0.1) is 12.2 Å². The number of benzene rings is 1. The SMILES string of the molecule is C#CCN1CCC(Nc2cc(Cl)c(C)cc2Br)CC1. The number of anilines is 1. The first-order valence-electron chi connectivity index (χ1n) is 6.48. The van der Waals surface area contributed by atoms with E-state index in [4.69, 9.17) is 18.0 Å². The molecule has 1 heterocycles. The molecule has 2 rings (SSSR count). The quantitative estimate of drug-likeness (QED) is 0.838. The molecular formula is C15H18BrClN2. The summed E-state index contributed by atoms with van der Waals surface area (Å²) in [6.45, 7) is 4.88. The first-order chi connectivity index (χ1) is 9.10. The molecular weight excluding hydrogens is 324 g/mol. The molecule has 0 bridgehead atoms. The Morgan fingerprint density at radius 3 is 2.79 bits per heavy atom. The molecule has 1 aromatic carbocycles. The van der Waals surface area contributed by atoms with E-state index < -0.39 is 0 Å². The number of nitrogens with zero attached hydrogens (tertiary/aromatic N) is 1. The van der Waals surface area contributed by atoms with E-state index in [1.165, 1.54) is 0 Å². The van der Waals surface area contributed by atoms with Gasteiger partial charge in [-0.2, -0.15) is 0 Å². The lowest BCUT2D eigenvalue weighted by Gasteiger charge is -2.32. The molecule has 0 amide bonds. The summed E-state index contributed by atoms with van der Waals surface area (Å²) in [7, 11) is 0. The fourth-order valence-electron chi connectivity index (χ4n) is 2.34. The fraction of sp³-hybridized carbons (Fsp3) is 0.467. The minimum Gasteiger partial charge on any atom is -0.381 e. The highest BCUT2D eigenvalue weighted by molar-refractivity contribution is 9.10. The third kappa shape index (κ3) is 3.89. The van der Waals surface area contributed by atoms with E-state index in [2.05, 4.69) is 38.1 Å². The standard InChI is InChI=1S/C15H18BrClN2/c1-3-6-19-7-4-12(5-8-19)18-15-10-14(17)11(2)9-13(15)16/h1,9-10,12,18H,4-8H2,2H3. The van der Waals surface area contributed by atoms with Crippen LogP contribution in [0.2, 0.25) is 5.02 Å². The van der Waals surface area contributed by atoms with Crippen LogP contribution in [-0.2, 0) is 0 Å². The van der Waals surface area contributed by atoms with E-state index in [-0.39, 0.29) is 0 Å². The maximum atomic E-state index is 6.18. The lowest BCUT2D eigenvalue weighted by Crippen LogP contribution is -2.39. The van der Waals surface area contributed by atoms with Gasteiger partial charge in [-0.25, -0.2) is 0 Å². The number of terminal acetylenes is 1. The van der Waals surface area contributed by atoms with Crippen molar-refractivity contribution in [3.05, 3.63) is 27.2 Å². The van der Waals surface area contributed by atoms with Crippen LogP contribution in [0, 0.1) is 19.3 Å². The Labute approximate surface area is 128 Å². The molecule has 4 heteroatoms. The van der Waals surface area contributed by atoms with Gasteiger partial charge in [-0.15, -0.1) is 6.42 Å². The normalized spacial score (nSPS) is 17.2. The van der Waals surface area contributed by atoms with Crippen LogP contribution in [0.4, 0.5) is 5.69 Å². The molecule has 1 saturated heterocycles. The van der Waals surface area contributed by atoms with Gasteiger partial charge in [-0.05, 0) is 53.4 Å². The minimum absolute atomic E-state index is 0.490. The second-order valence-corrected chi connectivity index (χ2v) is 6.24. The molecule has 1 aromatic rings. The van der Waals surface area contributed by atoms with E-state index in [1.54, 1.807) is 0 Å². The van der Waals surface area contributed by atoms with Crippen LogP contribution in [0.15, 0.2) is 16.6 Å². The molecule has 0 aromatic heterocycles. The van der Waals surface area contributed by atoms with Crippen LogP contribution in [0.1, 0.15) is 18.4 Å². The highest BCUT2D eigenvalue weighted by Gasteiger charge is 2.19. The predicted molar refractivity (Wildman–Crippen MR) is 85.8 cm³/mol. The van der Waals surface area contributed by atoms with Crippen molar-refractivity contribution in [1.29, 1.82) is 0 Å². The molecule has 0 saturated carbocycles. The van der Waals surface area contributed by atoms with Crippen molar-refractivity contribution in [3.8, 4) is 12.3 Å². The molecule has 0 atom stereocenters. The second kappa shape index (κ2) is 6.65. The molecule has 0 spiro atoms. The Morgan fingerprint density at radius 1 is 1.47 bits per heavy atom. The van der Waals surface area contributed by atoms with Crippen molar-refractivity contribution >= 4 is 33.2 Å². The number of likely N-dealkylation sites (tertiary alicyclic amines) is 1. The third-order valence-corrected chi connectivity index (χ3v) is 4.57. The van der Waals surface area contributed by atoms with E-state index in [0.717, 1.165) is 53.2 Å². The average Bonchev–Trinajstić information content (AvgIpc) is 2.38. The van der Waals surface area contributed by atoms with Gasteiger partial charge in [-0.1, -0.05) is 17.5 Å². The Bertz CT molecular complexity index is 488. The van der Waals surface area contributed by atoms with E-state index in [9.17, 15) is 0 Å². The van der Waals surface area contributed by atoms with Crippen molar-refractivity contribution in [3.63, 3.8) is 0 Å². The van der Waals surface area contributed by atoms with E-state index in [0.29, 0.717) is 6.04 Å². The summed E-state index contributed by atoms with van der Waals surface area (Å²) in [5.74, 6) is 2.71. The van der Waals surface area contributed by atoms with Gasteiger partial charge in [0.15, 0.2) is 0 Å². The van der Waals surface area contributed by atoms with Gasteiger partial charge in [0.2, 0.25) is 0 Å². The van der Waals surface area contributed by atoms with Gasteiger partial charge in [-0.3, -0.25) is 4.90 Å². The summed E-state index contributed by atoms with van der Waals surface area (Å²) in [6, 6.07) is 4.54. The maximum absolute atomic E-state index is 6.18. The topological polar surface area (TPSA) is 15.3 Å². The largest absolute Gasteiger partial charge is 0.381 e. The highest BCUT2D eigenvalue weighted by atomic mass is 79.9. The zero-order valence-electron chi connectivity index (χ0n) is 11.0. The number of rotatable bonds is 3. The van der Waals surface area contributed by atoms with Gasteiger partial charge in [0.25, 0.3) is 0 Å². The molecule has 1 aliphatic rings. The first-order valence-corrected chi connectivity index (χ1v) is 7.65. The van der Waals surface area contributed by atoms with Crippen LogP contribution in [0.25, 0.3) is 0 Å². The van der Waals surface area contributed by atoms with Gasteiger partial charge >= 0.3 is 0 Å². The van der Waals surface area contributed by atoms with Gasteiger partial charge in [0.1, 0.15) is 0 Å². The molecule has 0 unspecified atom stereocenters. The fourth-order valence-corrected chi connectivity index (χ4v) is 3.08. The lowest BCUT2D eigenvalue weighted by atomic mass is 10.0. The smallest absolute Gasteiger partial charge is 0.0598 e. The van der Waals surface area contributed by atoms with Crippen molar-refractivity contribution in [2.45, 2.75) is 25.8 Å². The molecule has 2 nitrogen and oxygen atoms in total. The second-order valence-electron chi connectivity index (χ2n) is 4.98. The molecule has 1 aliphatic heterocycles. The predicted octanol–water partition coefficient (Wildman–Crippen LogP) is 3.92. The molecule has 0 aliphatic carbocycles. The summed E-state index contributed by atoms with van der Waals surface area (Å²) in [5, 5.41) is 4.37. The Hall–Kier alpha value is -0.690. The summed E-state index contributed by atoms with van der Waals surface area (Å²) < 4.78 is 1.07. The zero-order chi connectivity index (χ0) is 13.8. The lowest BCUT2D eigenvalue weighted by molar-refractivity contribution is 0.243. The zero-order valence-corrected chi connectivity index (χ0v) is 13.4. The van der Waals surface area contributed by atoms with Crippen LogP contribution in [-0.4, -0.2) is 30.6 Å². The monoisotopic (exact) mass is 340 g/mol. The Kier molecular flexibility index (Phi) is 5.15. The number of hydrogen-bond donors (Lipinski definition) is 1. The molecule has 102 valence electrons. The van der Waals surface area contributed by atoms with Crippen LogP contribution in [0.5, 0.6) is 0 Å². The van der Waals surface area contributed by atoms with Crippen molar-refractivity contribution in [2.75, 3.05) is 25.0 Å². The average molecular weight is 342 g/mol. The van der Waals surface area contributed by atoms with E-state index in [1.807, 2.05) is 13.0 Å². The number of aryl methyl sites for hydroxylation is 1. The number of piperidine rings is 1. The van der Waals surface area contributed by atoms with Crippen molar-refractivity contribution in [1.82, 2.24) is 4.90 Å². The van der Waals surface area contributed by atoms with E-state index >= 15 is 0 Å². The first kappa shape index (κ1) is 14.7. The summed E-state index contributed by atoms with van der Waals surface area (Å²) >= 11 is 9.76. The van der Waals surface area contributed by atoms with Crippen molar-refractivity contribution < 1.29 is 0 Å². The number of hydrogen-bond acceptors (Lipinski definition) is 2. The van der Waals surface area contributed by atoms with Crippen LogP contribution >= 0.6 is 27.5 Å². The van der Waals surface area contributed by atoms with Gasteiger partial charge in [0, 0.05) is 28.6 Å². The summed E-state index contributed by atoms with van der Waals surface area (Å²) in [6.07, 6.45) is 7.56. The molecule has 1 fully saturated rings. The Morgan fingerprint density at radius 2 is 2.16 bits per heavy atom. The van der Waals surface area contributed by atoms with Crippen LogP contribution in [0.3, 0.4) is 0 Å². The highest BCUT2D eigenvalue weighted by Crippen LogP contribution is 2.30. The summed E-state index contributed by atoms with van der Waals surface area (Å²) in [5.41, 5.74) is 2.16. The molecule has 1 N–H and O–H groups in total. The summed E-state index contributed by atoms with van der Waals surface area (Å²) in [4.78, 5) is 2.31. The molecule has 0 radical (unpaired) electrons.